The van der Waals surface area contributed by atoms with Crippen molar-refractivity contribution in [1.82, 2.24) is 10.4 Å². The molecule has 2 amide bonds. The number of hydrogen-bond donors (Lipinski definition) is 2. The Morgan fingerprint density at radius 3 is 2.67 bits per heavy atom. The lowest BCUT2D eigenvalue weighted by molar-refractivity contribution is -0.137. The van der Waals surface area contributed by atoms with Gasteiger partial charge >= 0.3 is 0 Å². The minimum absolute atomic E-state index is 0.255. The number of hydrogen-bond acceptors (Lipinski definition) is 3. The molecule has 140 valence electrons. The van der Waals surface area contributed by atoms with Crippen molar-refractivity contribution in [1.29, 1.82) is 0 Å². The maximum atomic E-state index is 13.2. The van der Waals surface area contributed by atoms with Crippen molar-refractivity contribution in [2.75, 3.05) is 6.54 Å². The first kappa shape index (κ1) is 17.7. The summed E-state index contributed by atoms with van der Waals surface area (Å²) in [5, 5.41) is 8.81. The van der Waals surface area contributed by atoms with Crippen LogP contribution in [0.3, 0.4) is 0 Å². The SMILES string of the molecule is Cc1ccc(CN2CCC3(CCc4cc(C(=O)NO)ccc4C3)C2=O)cc1. The minimum atomic E-state index is -0.501. The first-order chi connectivity index (χ1) is 13.0. The highest BCUT2D eigenvalue weighted by molar-refractivity contribution is 5.93. The topological polar surface area (TPSA) is 69.6 Å². The number of nitrogens with one attached hydrogen (secondary N) is 1. The Bertz CT molecular complexity index is 891. The zero-order chi connectivity index (χ0) is 19.0. The van der Waals surface area contributed by atoms with Gasteiger partial charge in [0.15, 0.2) is 0 Å². The number of amides is 2. The first-order valence-corrected chi connectivity index (χ1v) is 9.42. The van der Waals surface area contributed by atoms with Gasteiger partial charge in [0.1, 0.15) is 0 Å². The highest BCUT2D eigenvalue weighted by Gasteiger charge is 2.47. The van der Waals surface area contributed by atoms with E-state index < -0.39 is 5.91 Å². The second-order valence-electron chi connectivity index (χ2n) is 7.84. The van der Waals surface area contributed by atoms with Gasteiger partial charge in [0, 0.05) is 18.7 Å². The number of aryl methyl sites for hydroxylation is 2. The van der Waals surface area contributed by atoms with Crippen molar-refractivity contribution >= 4 is 11.8 Å². The van der Waals surface area contributed by atoms with Gasteiger partial charge in [0.05, 0.1) is 5.41 Å². The fourth-order valence-electron chi connectivity index (χ4n) is 4.42. The van der Waals surface area contributed by atoms with E-state index in [1.807, 2.05) is 17.0 Å². The zero-order valence-electron chi connectivity index (χ0n) is 15.5. The smallest absolute Gasteiger partial charge is 0.274 e. The second-order valence-corrected chi connectivity index (χ2v) is 7.84. The van der Waals surface area contributed by atoms with E-state index in [0.717, 1.165) is 43.4 Å². The molecule has 1 fully saturated rings. The van der Waals surface area contributed by atoms with Gasteiger partial charge in [-0.1, -0.05) is 35.9 Å². The lowest BCUT2D eigenvalue weighted by atomic mass is 9.70. The summed E-state index contributed by atoms with van der Waals surface area (Å²) >= 11 is 0. The zero-order valence-corrected chi connectivity index (χ0v) is 15.5. The van der Waals surface area contributed by atoms with E-state index in [2.05, 4.69) is 31.2 Å². The number of rotatable bonds is 3. The highest BCUT2D eigenvalue weighted by atomic mass is 16.5. The van der Waals surface area contributed by atoms with Crippen molar-refractivity contribution in [3.63, 3.8) is 0 Å². The van der Waals surface area contributed by atoms with E-state index >= 15 is 0 Å². The molecule has 5 heteroatoms. The Morgan fingerprint density at radius 1 is 1.15 bits per heavy atom. The van der Waals surface area contributed by atoms with Crippen LogP contribution in [-0.2, 0) is 24.2 Å². The predicted molar refractivity (Wildman–Crippen MR) is 101 cm³/mol. The lowest BCUT2D eigenvalue weighted by Gasteiger charge is -2.33. The summed E-state index contributed by atoms with van der Waals surface area (Å²) in [4.78, 5) is 26.8. The number of carbonyl (C=O) groups excluding carboxylic acids is 2. The molecule has 2 aliphatic rings. The molecule has 1 unspecified atom stereocenters. The summed E-state index contributed by atoms with van der Waals surface area (Å²) in [6.45, 7) is 3.53. The fourth-order valence-corrected chi connectivity index (χ4v) is 4.42. The van der Waals surface area contributed by atoms with Crippen LogP contribution < -0.4 is 5.48 Å². The molecule has 1 aliphatic heterocycles. The van der Waals surface area contributed by atoms with Crippen LogP contribution in [0.5, 0.6) is 0 Å². The monoisotopic (exact) mass is 364 g/mol. The normalized spacial score (nSPS) is 21.4. The maximum absolute atomic E-state index is 13.2. The van der Waals surface area contributed by atoms with Gasteiger partial charge in [-0.3, -0.25) is 14.8 Å². The van der Waals surface area contributed by atoms with Crippen molar-refractivity contribution < 1.29 is 14.8 Å². The summed E-state index contributed by atoms with van der Waals surface area (Å²) in [5.41, 5.74) is 6.45. The van der Waals surface area contributed by atoms with Crippen molar-refractivity contribution in [3.05, 3.63) is 70.3 Å². The molecule has 2 aromatic rings. The van der Waals surface area contributed by atoms with Gasteiger partial charge in [0.2, 0.25) is 5.91 Å². The Balaban J connectivity index is 1.51. The summed E-state index contributed by atoms with van der Waals surface area (Å²) in [6, 6.07) is 13.8. The van der Waals surface area contributed by atoms with Crippen molar-refractivity contribution in [2.45, 2.75) is 39.2 Å². The predicted octanol–water partition coefficient (Wildman–Crippen LogP) is 3.02. The molecule has 0 radical (unpaired) electrons. The van der Waals surface area contributed by atoms with Crippen LogP contribution in [0.25, 0.3) is 0 Å². The third-order valence-electron chi connectivity index (χ3n) is 6.07. The minimum Gasteiger partial charge on any atom is -0.338 e. The quantitative estimate of drug-likeness (QED) is 0.650. The van der Waals surface area contributed by atoms with E-state index in [-0.39, 0.29) is 11.3 Å². The number of benzene rings is 2. The molecule has 0 bridgehead atoms. The molecule has 2 aromatic carbocycles. The average Bonchev–Trinajstić information content (AvgIpc) is 2.98. The Kier molecular flexibility index (Phi) is 4.48. The molecule has 1 spiro atoms. The van der Waals surface area contributed by atoms with E-state index in [4.69, 9.17) is 5.21 Å². The fraction of sp³-hybridized carbons (Fsp3) is 0.364. The van der Waals surface area contributed by atoms with E-state index in [9.17, 15) is 9.59 Å². The third-order valence-corrected chi connectivity index (χ3v) is 6.07. The summed E-state index contributed by atoms with van der Waals surface area (Å²) < 4.78 is 0. The van der Waals surface area contributed by atoms with Crippen molar-refractivity contribution in [2.24, 2.45) is 5.41 Å². The van der Waals surface area contributed by atoms with E-state index in [1.165, 1.54) is 11.1 Å². The molecule has 0 aromatic heterocycles. The lowest BCUT2D eigenvalue weighted by Crippen LogP contribution is -2.38. The number of fused-ring (bicyclic) bond motifs is 1. The van der Waals surface area contributed by atoms with Crippen LogP contribution >= 0.6 is 0 Å². The number of nitrogens with zero attached hydrogens (tertiary/aromatic N) is 1. The molecule has 1 saturated heterocycles. The number of hydroxylamine groups is 1. The molecule has 1 heterocycles. The van der Waals surface area contributed by atoms with Crippen LogP contribution in [0.15, 0.2) is 42.5 Å². The number of carbonyl (C=O) groups is 2. The molecule has 5 nitrogen and oxygen atoms in total. The molecule has 27 heavy (non-hydrogen) atoms. The van der Waals surface area contributed by atoms with E-state index in [1.54, 1.807) is 11.5 Å². The van der Waals surface area contributed by atoms with Crippen LogP contribution in [0, 0.1) is 12.3 Å². The largest absolute Gasteiger partial charge is 0.338 e. The highest BCUT2D eigenvalue weighted by Crippen LogP contribution is 2.44. The first-order valence-electron chi connectivity index (χ1n) is 9.42. The summed E-state index contributed by atoms with van der Waals surface area (Å²) in [5.74, 6) is -0.245. The third kappa shape index (κ3) is 3.23. The van der Waals surface area contributed by atoms with Gasteiger partial charge in [-0.05, 0) is 61.4 Å². The molecule has 4 rings (SSSR count). The molecular formula is C22H24N2O3. The Labute approximate surface area is 159 Å². The van der Waals surface area contributed by atoms with Gasteiger partial charge in [-0.2, -0.15) is 0 Å². The van der Waals surface area contributed by atoms with Crippen LogP contribution in [0.2, 0.25) is 0 Å². The van der Waals surface area contributed by atoms with Crippen LogP contribution in [-0.4, -0.2) is 28.5 Å². The summed E-state index contributed by atoms with van der Waals surface area (Å²) in [7, 11) is 0. The Morgan fingerprint density at radius 2 is 1.93 bits per heavy atom. The molecule has 0 saturated carbocycles. The molecule has 1 atom stereocenters. The number of likely N-dealkylation sites (tertiary alicyclic amines) is 1. The summed E-state index contributed by atoms with van der Waals surface area (Å²) in [6.07, 6.45) is 3.21. The average molecular weight is 364 g/mol. The van der Waals surface area contributed by atoms with Gasteiger partial charge in [-0.15, -0.1) is 0 Å². The molecule has 1 aliphatic carbocycles. The van der Waals surface area contributed by atoms with Gasteiger partial charge in [-0.25, -0.2) is 5.48 Å². The van der Waals surface area contributed by atoms with Crippen molar-refractivity contribution in [3.8, 4) is 0 Å². The maximum Gasteiger partial charge on any atom is 0.274 e. The van der Waals surface area contributed by atoms with Gasteiger partial charge < -0.3 is 4.90 Å². The molecular weight excluding hydrogens is 340 g/mol. The van der Waals surface area contributed by atoms with Gasteiger partial charge in [0.25, 0.3) is 5.91 Å². The van der Waals surface area contributed by atoms with Crippen LogP contribution in [0.4, 0.5) is 0 Å². The van der Waals surface area contributed by atoms with Crippen LogP contribution in [0.1, 0.15) is 45.5 Å². The molecule has 2 N–H and O–H groups in total. The second kappa shape index (κ2) is 6.82. The standard InChI is InChI=1S/C22H24N2O3/c1-15-2-4-16(5-3-15)14-24-11-10-22(21(24)26)9-8-17-12-18(20(25)23-27)6-7-19(17)13-22/h2-7,12,27H,8-11,13-14H2,1H3,(H,23,25). The Hall–Kier alpha value is -2.66. The van der Waals surface area contributed by atoms with E-state index in [0.29, 0.717) is 12.1 Å².